The van der Waals surface area contributed by atoms with Gasteiger partial charge in [-0.05, 0) is 55.2 Å². The highest BCUT2D eigenvalue weighted by Gasteiger charge is 2.52. The summed E-state index contributed by atoms with van der Waals surface area (Å²) in [6.07, 6.45) is -6.00. The molecule has 0 amide bonds. The molecule has 1 saturated carbocycles. The first-order chi connectivity index (χ1) is 14.4. The number of ketones is 4. The number of halogens is 3. The number of rotatable bonds is 6. The summed E-state index contributed by atoms with van der Waals surface area (Å²) in [6.45, 7) is 0.890. The molecule has 0 heterocycles. The van der Waals surface area contributed by atoms with Crippen molar-refractivity contribution in [2.75, 3.05) is 6.61 Å². The van der Waals surface area contributed by atoms with Crippen molar-refractivity contribution in [3.05, 3.63) is 28.8 Å². The van der Waals surface area contributed by atoms with Crippen LogP contribution in [0.2, 0.25) is 0 Å². The number of hydrogen-bond donors (Lipinski definition) is 2. The van der Waals surface area contributed by atoms with Gasteiger partial charge in [0.15, 0.2) is 17.3 Å². The molecule has 4 unspecified atom stereocenters. The van der Waals surface area contributed by atoms with Crippen molar-refractivity contribution in [2.45, 2.75) is 45.2 Å². The van der Waals surface area contributed by atoms with Gasteiger partial charge in [0.2, 0.25) is 0 Å². The Bertz CT molecular complexity index is 936. The number of aliphatic hydroxyl groups excluding tert-OH is 1. The summed E-state index contributed by atoms with van der Waals surface area (Å²) in [7, 11) is 0. The number of carbonyl (C=O) groups excluding carboxylic acids is 4. The minimum absolute atomic E-state index is 0.0210. The van der Waals surface area contributed by atoms with Crippen LogP contribution in [0.25, 0.3) is 0 Å². The molecule has 0 aromatic heterocycles. The number of Topliss-reactive ketones (excluding diaryl/α,β-unsaturated/α-hetero) is 4. The highest BCUT2D eigenvalue weighted by atomic mass is 19.4. The lowest BCUT2D eigenvalue weighted by Crippen LogP contribution is -2.50. The zero-order valence-corrected chi connectivity index (χ0v) is 16.9. The molecule has 168 valence electrons. The molecule has 3 rings (SSSR count). The predicted octanol–water partition coefficient (Wildman–Crippen LogP) is 2.60. The molecule has 2 aliphatic carbocycles. The molecular weight excluding hydrogens is 417 g/mol. The van der Waals surface area contributed by atoms with E-state index < -0.39 is 71.6 Å². The monoisotopic (exact) mass is 440 g/mol. The van der Waals surface area contributed by atoms with Crippen molar-refractivity contribution in [2.24, 2.45) is 23.7 Å². The molecule has 1 fully saturated rings. The largest absolute Gasteiger partial charge is 0.507 e. The van der Waals surface area contributed by atoms with Crippen LogP contribution in [-0.4, -0.2) is 46.1 Å². The van der Waals surface area contributed by atoms with Crippen LogP contribution in [0, 0.1) is 23.7 Å². The van der Waals surface area contributed by atoms with Gasteiger partial charge in [-0.3, -0.25) is 19.2 Å². The number of aromatic hydroxyl groups is 1. The van der Waals surface area contributed by atoms with E-state index in [0.29, 0.717) is 0 Å². The summed E-state index contributed by atoms with van der Waals surface area (Å²) in [4.78, 5) is 50.4. The highest BCUT2D eigenvalue weighted by Crippen LogP contribution is 2.47. The number of alkyl halides is 3. The predicted molar refractivity (Wildman–Crippen MR) is 101 cm³/mol. The third-order valence-corrected chi connectivity index (χ3v) is 6.21. The quantitative estimate of drug-likeness (QED) is 0.659. The molecule has 1 aromatic carbocycles. The normalized spacial score (nSPS) is 25.7. The molecule has 2 aliphatic rings. The van der Waals surface area contributed by atoms with Crippen LogP contribution in [0.5, 0.6) is 5.75 Å². The highest BCUT2D eigenvalue weighted by molar-refractivity contribution is 6.20. The van der Waals surface area contributed by atoms with Crippen molar-refractivity contribution in [3.63, 3.8) is 0 Å². The molecule has 0 radical (unpaired) electrons. The summed E-state index contributed by atoms with van der Waals surface area (Å²) in [5.74, 6) is -6.78. The van der Waals surface area contributed by atoms with Crippen molar-refractivity contribution in [1.82, 2.24) is 0 Å². The number of aliphatic hydroxyl groups is 1. The minimum Gasteiger partial charge on any atom is -0.507 e. The van der Waals surface area contributed by atoms with Gasteiger partial charge in [-0.25, -0.2) is 0 Å². The number of benzene rings is 1. The lowest BCUT2D eigenvalue weighted by molar-refractivity contribution is -0.142. The van der Waals surface area contributed by atoms with Crippen LogP contribution in [-0.2, 0) is 27.2 Å². The van der Waals surface area contributed by atoms with Crippen LogP contribution < -0.4 is 0 Å². The number of hydrogen-bond acceptors (Lipinski definition) is 6. The van der Waals surface area contributed by atoms with Gasteiger partial charge in [0.25, 0.3) is 0 Å². The van der Waals surface area contributed by atoms with E-state index in [1.807, 2.05) is 0 Å². The third kappa shape index (κ3) is 4.56. The molecular formula is C22H23F3O6. The Morgan fingerprint density at radius 3 is 2.45 bits per heavy atom. The standard InChI is InChI=1S/C22H23F3O6/c1-10(27)6-16(29)17-11(4-5-26)7-13-8-14-12(9-22(23,24)25)2-3-15(28)19(14)21(31)18(13)20(17)30/h2-3,11,13,17-18,26,28H,4-9H2,1H3. The van der Waals surface area contributed by atoms with E-state index in [0.717, 1.165) is 12.1 Å². The van der Waals surface area contributed by atoms with Crippen LogP contribution in [0.1, 0.15) is 47.7 Å². The smallest absolute Gasteiger partial charge is 0.393 e. The van der Waals surface area contributed by atoms with Gasteiger partial charge in [-0.1, -0.05) is 6.07 Å². The maximum Gasteiger partial charge on any atom is 0.393 e. The van der Waals surface area contributed by atoms with E-state index in [4.69, 9.17) is 0 Å². The zero-order valence-electron chi connectivity index (χ0n) is 16.9. The Morgan fingerprint density at radius 1 is 1.19 bits per heavy atom. The number of phenolic OH excluding ortho intramolecular Hbond substituents is 1. The number of phenols is 1. The molecule has 0 aliphatic heterocycles. The van der Waals surface area contributed by atoms with E-state index in [2.05, 4.69) is 0 Å². The van der Waals surface area contributed by atoms with Crippen LogP contribution in [0.3, 0.4) is 0 Å². The van der Waals surface area contributed by atoms with Gasteiger partial charge in [0, 0.05) is 6.61 Å². The molecule has 9 heteroatoms. The third-order valence-electron chi connectivity index (χ3n) is 6.21. The maximum atomic E-state index is 13.2. The molecule has 0 bridgehead atoms. The SMILES string of the molecule is CC(=O)CC(=O)C1C(=O)C2C(=O)c3c(O)ccc(CC(F)(F)F)c3CC2CC1CCO. The molecule has 6 nitrogen and oxygen atoms in total. The van der Waals surface area contributed by atoms with E-state index in [1.54, 1.807) is 0 Å². The van der Waals surface area contributed by atoms with Gasteiger partial charge in [-0.2, -0.15) is 13.2 Å². The Balaban J connectivity index is 2.04. The Hall–Kier alpha value is -2.55. The Labute approximate surface area is 176 Å². The van der Waals surface area contributed by atoms with Gasteiger partial charge in [-0.15, -0.1) is 0 Å². The molecule has 2 N–H and O–H groups in total. The van der Waals surface area contributed by atoms with E-state index in [1.165, 1.54) is 6.92 Å². The Kier molecular flexibility index (Phi) is 6.36. The average molecular weight is 440 g/mol. The number of carbonyl (C=O) groups is 4. The van der Waals surface area contributed by atoms with Crippen molar-refractivity contribution >= 4 is 23.1 Å². The second-order valence-electron chi connectivity index (χ2n) is 8.43. The van der Waals surface area contributed by atoms with E-state index >= 15 is 0 Å². The molecule has 0 saturated heterocycles. The van der Waals surface area contributed by atoms with Crippen LogP contribution in [0.15, 0.2) is 12.1 Å². The summed E-state index contributed by atoms with van der Waals surface area (Å²) >= 11 is 0. The van der Waals surface area contributed by atoms with Crippen molar-refractivity contribution in [1.29, 1.82) is 0 Å². The summed E-state index contributed by atoms with van der Waals surface area (Å²) in [5, 5.41) is 19.6. The summed E-state index contributed by atoms with van der Waals surface area (Å²) in [5.41, 5.74) is -0.351. The fourth-order valence-corrected chi connectivity index (χ4v) is 5.08. The summed E-state index contributed by atoms with van der Waals surface area (Å²) < 4.78 is 39.0. The second kappa shape index (κ2) is 8.53. The maximum absolute atomic E-state index is 13.2. The van der Waals surface area contributed by atoms with Crippen molar-refractivity contribution < 1.29 is 42.6 Å². The first-order valence-corrected chi connectivity index (χ1v) is 10.1. The summed E-state index contributed by atoms with van der Waals surface area (Å²) in [6, 6.07) is 2.14. The van der Waals surface area contributed by atoms with Gasteiger partial charge < -0.3 is 10.2 Å². The molecule has 0 spiro atoms. The average Bonchev–Trinajstić information content (AvgIpc) is 2.62. The van der Waals surface area contributed by atoms with E-state index in [9.17, 15) is 42.6 Å². The van der Waals surface area contributed by atoms with E-state index in [-0.39, 0.29) is 42.6 Å². The minimum atomic E-state index is -4.52. The van der Waals surface area contributed by atoms with Gasteiger partial charge in [0.1, 0.15) is 11.5 Å². The fraction of sp³-hybridized carbons (Fsp3) is 0.545. The van der Waals surface area contributed by atoms with Crippen molar-refractivity contribution in [3.8, 4) is 5.75 Å². The zero-order chi connectivity index (χ0) is 23.1. The van der Waals surface area contributed by atoms with Crippen LogP contribution in [0.4, 0.5) is 13.2 Å². The Morgan fingerprint density at radius 2 is 1.87 bits per heavy atom. The lowest BCUT2D eigenvalue weighted by atomic mass is 9.59. The van der Waals surface area contributed by atoms with Crippen LogP contribution >= 0.6 is 0 Å². The number of fused-ring (bicyclic) bond motifs is 2. The lowest BCUT2D eigenvalue weighted by Gasteiger charge is -2.42. The molecule has 31 heavy (non-hydrogen) atoms. The van der Waals surface area contributed by atoms with Gasteiger partial charge in [0.05, 0.1) is 30.2 Å². The first kappa shape index (κ1) is 23.1. The topological polar surface area (TPSA) is 109 Å². The second-order valence-corrected chi connectivity index (χ2v) is 8.43. The van der Waals surface area contributed by atoms with Gasteiger partial charge >= 0.3 is 6.18 Å². The molecule has 4 atom stereocenters. The fourth-order valence-electron chi connectivity index (χ4n) is 5.08. The molecule has 1 aromatic rings. The first-order valence-electron chi connectivity index (χ1n) is 10.1.